The number of hydrogen-bond donors (Lipinski definition) is 1. The van der Waals surface area contributed by atoms with Crippen molar-refractivity contribution in [2.24, 2.45) is 0 Å². The maximum absolute atomic E-state index is 13.2. The number of carbonyl (C=O) groups excluding carboxylic acids is 1. The van der Waals surface area contributed by atoms with E-state index in [9.17, 15) is 18.7 Å². The van der Waals surface area contributed by atoms with Crippen LogP contribution in [0.4, 0.5) is 8.78 Å². The van der Waals surface area contributed by atoms with E-state index >= 15 is 0 Å². The summed E-state index contributed by atoms with van der Waals surface area (Å²) in [5.74, 6) is -1.12. The van der Waals surface area contributed by atoms with Crippen LogP contribution in [-0.4, -0.2) is 10.9 Å². The molecule has 0 fully saturated rings. The second-order valence-electron chi connectivity index (χ2n) is 6.72. The van der Waals surface area contributed by atoms with Crippen LogP contribution in [0.25, 0.3) is 11.1 Å². The maximum atomic E-state index is 13.2. The molecule has 6 heteroatoms. The molecule has 0 bridgehead atoms. The number of phenolic OH excluding ortho intramolecular Hbond substituents is 1. The third-order valence-electron chi connectivity index (χ3n) is 4.67. The average Bonchev–Trinajstić information content (AvgIpc) is 2.73. The van der Waals surface area contributed by atoms with Crippen molar-refractivity contribution in [3.63, 3.8) is 0 Å². The molecule has 150 valence electrons. The number of ketones is 1. The lowest BCUT2D eigenvalue weighted by Crippen LogP contribution is -2.11. The number of ether oxygens (including phenoxy) is 1. The number of allylic oxidation sites excluding steroid dienone is 1. The summed E-state index contributed by atoms with van der Waals surface area (Å²) in [6.45, 7) is 0. The Morgan fingerprint density at radius 3 is 2.30 bits per heavy atom. The van der Waals surface area contributed by atoms with E-state index in [1.165, 1.54) is 60.7 Å². The van der Waals surface area contributed by atoms with Crippen LogP contribution in [0.15, 0.2) is 72.8 Å². The largest absolute Gasteiger partial charge is 0.507 e. The molecule has 1 aliphatic heterocycles. The van der Waals surface area contributed by atoms with Crippen LogP contribution in [0.1, 0.15) is 33.2 Å². The number of phenols is 1. The van der Waals surface area contributed by atoms with E-state index in [0.717, 1.165) is 0 Å². The molecule has 1 heterocycles. The zero-order valence-electron chi connectivity index (χ0n) is 15.5. The molecule has 0 saturated carbocycles. The zero-order valence-corrected chi connectivity index (χ0v) is 16.2. The molecule has 0 aromatic heterocycles. The van der Waals surface area contributed by atoms with Gasteiger partial charge in [-0.3, -0.25) is 4.79 Å². The monoisotopic (exact) mass is 424 g/mol. The normalized spacial score (nSPS) is 15.4. The first-order valence-corrected chi connectivity index (χ1v) is 9.43. The van der Waals surface area contributed by atoms with Gasteiger partial charge in [0.2, 0.25) is 0 Å². The molecule has 0 spiro atoms. The second-order valence-corrected chi connectivity index (χ2v) is 7.13. The van der Waals surface area contributed by atoms with E-state index in [1.54, 1.807) is 18.2 Å². The highest BCUT2D eigenvalue weighted by Gasteiger charge is 2.24. The number of fused-ring (bicyclic) bond motifs is 1. The lowest BCUT2D eigenvalue weighted by Gasteiger charge is -2.24. The summed E-state index contributed by atoms with van der Waals surface area (Å²) in [5, 5.41) is 10.7. The lowest BCUT2D eigenvalue weighted by molar-refractivity contribution is 0.104. The standard InChI is InChI=1S/C24H15ClF2O3/c25-20-12-23(15-4-8-17(27)9-5-15)30-24-13-22(29)19(11-18(20)24)21(28)10-3-14-1-6-16(26)7-2-14/h1-13,23,29H/b10-3+. The second kappa shape index (κ2) is 8.13. The van der Waals surface area contributed by atoms with Crippen LogP contribution in [0.5, 0.6) is 11.5 Å². The van der Waals surface area contributed by atoms with Crippen molar-refractivity contribution in [2.45, 2.75) is 6.10 Å². The van der Waals surface area contributed by atoms with Gasteiger partial charge in [-0.15, -0.1) is 0 Å². The molecule has 3 nitrogen and oxygen atoms in total. The number of aromatic hydroxyl groups is 1. The first kappa shape index (κ1) is 19.9. The molecular formula is C24H15ClF2O3. The van der Waals surface area contributed by atoms with Crippen LogP contribution < -0.4 is 4.74 Å². The maximum Gasteiger partial charge on any atom is 0.189 e. The molecule has 30 heavy (non-hydrogen) atoms. The van der Waals surface area contributed by atoms with Crippen LogP contribution in [0.2, 0.25) is 0 Å². The van der Waals surface area contributed by atoms with Gasteiger partial charge in [-0.2, -0.15) is 0 Å². The van der Waals surface area contributed by atoms with E-state index in [1.807, 2.05) is 0 Å². The molecule has 1 aliphatic rings. The van der Waals surface area contributed by atoms with Crippen LogP contribution in [0.3, 0.4) is 0 Å². The average molecular weight is 425 g/mol. The fourth-order valence-corrected chi connectivity index (χ4v) is 3.36. The molecule has 3 aromatic carbocycles. The van der Waals surface area contributed by atoms with Gasteiger partial charge in [0.1, 0.15) is 29.2 Å². The van der Waals surface area contributed by atoms with Gasteiger partial charge < -0.3 is 9.84 Å². The SMILES string of the molecule is O=C(/C=C/c1ccc(F)cc1)c1cc2c(cc1O)OC(c1ccc(F)cc1)C=C2Cl. The number of halogens is 3. The van der Waals surface area contributed by atoms with Crippen molar-refractivity contribution in [1.82, 2.24) is 0 Å². The quantitative estimate of drug-likeness (QED) is 0.396. The molecule has 0 saturated heterocycles. The first-order chi connectivity index (χ1) is 14.4. The van der Waals surface area contributed by atoms with Gasteiger partial charge in [-0.25, -0.2) is 8.78 Å². The van der Waals surface area contributed by atoms with Crippen LogP contribution in [0, 0.1) is 11.6 Å². The van der Waals surface area contributed by atoms with Crippen molar-refractivity contribution in [1.29, 1.82) is 0 Å². The fourth-order valence-electron chi connectivity index (χ4n) is 3.10. The van der Waals surface area contributed by atoms with Crippen molar-refractivity contribution >= 4 is 28.5 Å². The topological polar surface area (TPSA) is 46.5 Å². The predicted octanol–water partition coefficient (Wildman–Crippen LogP) is 6.28. The smallest absolute Gasteiger partial charge is 0.189 e. The summed E-state index contributed by atoms with van der Waals surface area (Å²) in [7, 11) is 0. The molecule has 0 amide bonds. The minimum Gasteiger partial charge on any atom is -0.507 e. The van der Waals surface area contributed by atoms with Gasteiger partial charge in [0.15, 0.2) is 5.78 Å². The van der Waals surface area contributed by atoms with E-state index < -0.39 is 11.9 Å². The highest BCUT2D eigenvalue weighted by atomic mass is 35.5. The van der Waals surface area contributed by atoms with Gasteiger partial charge in [0.25, 0.3) is 0 Å². The summed E-state index contributed by atoms with van der Waals surface area (Å²) < 4.78 is 32.0. The van der Waals surface area contributed by atoms with E-state index in [0.29, 0.717) is 27.5 Å². The third-order valence-corrected chi connectivity index (χ3v) is 5.00. The molecule has 1 atom stereocenters. The molecule has 3 aromatic rings. The minimum absolute atomic E-state index is 0.0579. The third kappa shape index (κ3) is 4.11. The molecule has 4 rings (SSSR count). The first-order valence-electron chi connectivity index (χ1n) is 9.05. The van der Waals surface area contributed by atoms with Gasteiger partial charge in [0.05, 0.1) is 10.6 Å². The summed E-state index contributed by atoms with van der Waals surface area (Å²) in [6, 6.07) is 14.3. The number of carbonyl (C=O) groups is 1. The molecule has 1 unspecified atom stereocenters. The van der Waals surface area contributed by atoms with Crippen molar-refractivity contribution < 1.29 is 23.4 Å². The minimum atomic E-state index is -0.551. The molecule has 0 radical (unpaired) electrons. The zero-order chi connectivity index (χ0) is 21.3. The van der Waals surface area contributed by atoms with Crippen molar-refractivity contribution in [3.05, 3.63) is 107 Å². The summed E-state index contributed by atoms with van der Waals surface area (Å²) in [4.78, 5) is 12.6. The Balaban J connectivity index is 1.61. The number of rotatable bonds is 4. The van der Waals surface area contributed by atoms with Crippen LogP contribution >= 0.6 is 11.6 Å². The van der Waals surface area contributed by atoms with Gasteiger partial charge in [-0.05, 0) is 53.6 Å². The van der Waals surface area contributed by atoms with Crippen LogP contribution in [-0.2, 0) is 0 Å². The Bertz CT molecular complexity index is 1170. The molecule has 1 N–H and O–H groups in total. The van der Waals surface area contributed by atoms with E-state index in [-0.39, 0.29) is 22.9 Å². The van der Waals surface area contributed by atoms with E-state index in [2.05, 4.69) is 0 Å². The van der Waals surface area contributed by atoms with E-state index in [4.69, 9.17) is 16.3 Å². The van der Waals surface area contributed by atoms with Crippen molar-refractivity contribution in [3.8, 4) is 11.5 Å². The van der Waals surface area contributed by atoms with Gasteiger partial charge in [-0.1, -0.05) is 41.9 Å². The molecule has 0 aliphatic carbocycles. The summed E-state index contributed by atoms with van der Waals surface area (Å²) in [5.41, 5.74) is 1.86. The highest BCUT2D eigenvalue weighted by molar-refractivity contribution is 6.49. The summed E-state index contributed by atoms with van der Waals surface area (Å²) in [6.07, 6.45) is 3.91. The Morgan fingerprint density at radius 2 is 1.63 bits per heavy atom. The Kier molecular flexibility index (Phi) is 5.38. The van der Waals surface area contributed by atoms with Crippen molar-refractivity contribution in [2.75, 3.05) is 0 Å². The predicted molar refractivity (Wildman–Crippen MR) is 111 cm³/mol. The molecular weight excluding hydrogens is 410 g/mol. The van der Waals surface area contributed by atoms with Gasteiger partial charge in [0, 0.05) is 11.6 Å². The Hall–Kier alpha value is -3.44. The summed E-state index contributed by atoms with van der Waals surface area (Å²) >= 11 is 6.40. The fraction of sp³-hybridized carbons (Fsp3) is 0.0417. The lowest BCUT2D eigenvalue weighted by atomic mass is 9.99. The highest BCUT2D eigenvalue weighted by Crippen LogP contribution is 2.42. The number of hydrogen-bond acceptors (Lipinski definition) is 3. The van der Waals surface area contributed by atoms with Gasteiger partial charge >= 0.3 is 0 Å². The Morgan fingerprint density at radius 1 is 1.00 bits per heavy atom. The number of benzene rings is 3. The Labute approximate surface area is 176 Å².